The molecule has 0 heterocycles. The maximum Gasteiger partial charge on any atom is 0.323 e. The first kappa shape index (κ1) is 14.3. The third kappa shape index (κ3) is 6.52. The summed E-state index contributed by atoms with van der Waals surface area (Å²) in [6.07, 6.45) is 1.77. The zero-order valence-corrected chi connectivity index (χ0v) is 8.62. The normalized spacial score (nSPS) is 11.2. The molecule has 0 saturated carbocycles. The van der Waals surface area contributed by atoms with Crippen LogP contribution in [0.15, 0.2) is 12.7 Å². The van der Waals surface area contributed by atoms with Gasteiger partial charge >= 0.3 is 5.97 Å². The molecule has 1 unspecified atom stereocenters. The Labute approximate surface area is 83.1 Å². The van der Waals surface area contributed by atoms with Crippen molar-refractivity contribution in [2.45, 2.75) is 6.04 Å². The second kappa shape index (κ2) is 8.90. The number of rotatable bonds is 5. The first-order chi connectivity index (χ1) is 5.22. The highest BCUT2D eigenvalue weighted by Gasteiger charge is 2.12. The van der Waals surface area contributed by atoms with Gasteiger partial charge in [0.05, 0.1) is 7.11 Å². The van der Waals surface area contributed by atoms with E-state index in [2.05, 4.69) is 11.3 Å². The Bertz CT molecular complexity index is 143. The van der Waals surface area contributed by atoms with Crippen molar-refractivity contribution in [2.24, 2.45) is 5.73 Å². The SMILES string of the molecule is C=CCSCC(N)C(=O)OC.Cl. The van der Waals surface area contributed by atoms with Crippen molar-refractivity contribution in [3.8, 4) is 0 Å². The van der Waals surface area contributed by atoms with Gasteiger partial charge in [-0.2, -0.15) is 11.8 Å². The summed E-state index contributed by atoms with van der Waals surface area (Å²) < 4.78 is 4.44. The minimum absolute atomic E-state index is 0. The molecule has 0 spiro atoms. The lowest BCUT2D eigenvalue weighted by molar-refractivity contribution is -0.141. The number of esters is 1. The fraction of sp³-hybridized carbons (Fsp3) is 0.571. The molecule has 0 amide bonds. The maximum atomic E-state index is 10.7. The number of thioether (sulfide) groups is 1. The lowest BCUT2D eigenvalue weighted by Crippen LogP contribution is -2.33. The molecule has 0 fully saturated rings. The monoisotopic (exact) mass is 211 g/mol. The molecule has 0 saturated heterocycles. The van der Waals surface area contributed by atoms with Crippen LogP contribution < -0.4 is 5.73 Å². The molecule has 0 radical (unpaired) electrons. The molecule has 1 atom stereocenters. The predicted molar refractivity (Wildman–Crippen MR) is 54.8 cm³/mol. The van der Waals surface area contributed by atoms with E-state index in [0.717, 1.165) is 5.75 Å². The quantitative estimate of drug-likeness (QED) is 0.416. The molecule has 0 aliphatic carbocycles. The van der Waals surface area contributed by atoms with Gasteiger partial charge in [-0.25, -0.2) is 0 Å². The van der Waals surface area contributed by atoms with E-state index in [1.54, 1.807) is 17.8 Å². The van der Waals surface area contributed by atoms with E-state index in [0.29, 0.717) is 5.75 Å². The molecule has 12 heavy (non-hydrogen) atoms. The van der Waals surface area contributed by atoms with Crippen LogP contribution in [0.5, 0.6) is 0 Å². The third-order valence-electron chi connectivity index (χ3n) is 1.04. The van der Waals surface area contributed by atoms with Crippen LogP contribution in [0.4, 0.5) is 0 Å². The van der Waals surface area contributed by atoms with E-state index >= 15 is 0 Å². The van der Waals surface area contributed by atoms with Gasteiger partial charge in [-0.05, 0) is 0 Å². The molecule has 0 rings (SSSR count). The van der Waals surface area contributed by atoms with Crippen molar-refractivity contribution in [1.29, 1.82) is 0 Å². The van der Waals surface area contributed by atoms with Crippen molar-refractivity contribution < 1.29 is 9.53 Å². The van der Waals surface area contributed by atoms with Crippen LogP contribution in [-0.2, 0) is 9.53 Å². The number of methoxy groups -OCH3 is 1. The topological polar surface area (TPSA) is 52.3 Å². The molecular formula is C7H14ClNO2S. The van der Waals surface area contributed by atoms with Gasteiger partial charge in [0, 0.05) is 11.5 Å². The number of halogens is 1. The van der Waals surface area contributed by atoms with Crippen LogP contribution in [0.25, 0.3) is 0 Å². The second-order valence-corrected chi connectivity index (χ2v) is 3.03. The first-order valence-corrected chi connectivity index (χ1v) is 4.40. The van der Waals surface area contributed by atoms with E-state index in [1.165, 1.54) is 7.11 Å². The number of ether oxygens (including phenoxy) is 1. The van der Waals surface area contributed by atoms with E-state index < -0.39 is 6.04 Å². The Kier molecular flexibility index (Phi) is 10.6. The highest BCUT2D eigenvalue weighted by atomic mass is 35.5. The van der Waals surface area contributed by atoms with E-state index in [-0.39, 0.29) is 18.4 Å². The molecule has 0 aliphatic rings. The molecule has 0 bridgehead atoms. The van der Waals surface area contributed by atoms with Crippen LogP contribution in [0.2, 0.25) is 0 Å². The number of hydrogen-bond donors (Lipinski definition) is 1. The van der Waals surface area contributed by atoms with E-state index in [9.17, 15) is 4.79 Å². The Morgan fingerprint density at radius 3 is 2.83 bits per heavy atom. The summed E-state index contributed by atoms with van der Waals surface area (Å²) in [7, 11) is 1.33. The fourth-order valence-corrected chi connectivity index (χ4v) is 1.19. The lowest BCUT2D eigenvalue weighted by Gasteiger charge is -2.06. The van der Waals surface area contributed by atoms with Gasteiger partial charge in [0.25, 0.3) is 0 Å². The van der Waals surface area contributed by atoms with Crippen molar-refractivity contribution in [1.82, 2.24) is 0 Å². The zero-order chi connectivity index (χ0) is 8.69. The van der Waals surface area contributed by atoms with Gasteiger partial charge in [-0.15, -0.1) is 19.0 Å². The number of carbonyl (C=O) groups excluding carboxylic acids is 1. The zero-order valence-electron chi connectivity index (χ0n) is 6.99. The molecule has 0 aromatic rings. The van der Waals surface area contributed by atoms with Crippen LogP contribution in [-0.4, -0.2) is 30.6 Å². The first-order valence-electron chi connectivity index (χ1n) is 3.24. The molecular weight excluding hydrogens is 198 g/mol. The summed E-state index contributed by atoms with van der Waals surface area (Å²) in [5, 5.41) is 0. The van der Waals surface area contributed by atoms with Crippen molar-refractivity contribution in [2.75, 3.05) is 18.6 Å². The third-order valence-corrected chi connectivity index (χ3v) is 2.10. The highest BCUT2D eigenvalue weighted by Crippen LogP contribution is 2.01. The van der Waals surface area contributed by atoms with Gasteiger partial charge in [0.1, 0.15) is 6.04 Å². The largest absolute Gasteiger partial charge is 0.468 e. The van der Waals surface area contributed by atoms with E-state index in [1.807, 2.05) is 0 Å². The van der Waals surface area contributed by atoms with Crippen molar-refractivity contribution >= 4 is 30.1 Å². The van der Waals surface area contributed by atoms with Crippen LogP contribution in [0.1, 0.15) is 0 Å². The van der Waals surface area contributed by atoms with Crippen LogP contribution in [0, 0.1) is 0 Å². The standard InChI is InChI=1S/C7H13NO2S.ClH/c1-3-4-11-5-6(8)7(9)10-2;/h3,6H,1,4-5,8H2,2H3;1H. The van der Waals surface area contributed by atoms with Crippen LogP contribution >= 0.6 is 24.2 Å². The summed E-state index contributed by atoms with van der Waals surface area (Å²) in [6, 6.07) is -0.509. The summed E-state index contributed by atoms with van der Waals surface area (Å²) >= 11 is 1.56. The predicted octanol–water partition coefficient (Wildman–Crippen LogP) is 0.828. The molecule has 72 valence electrons. The highest BCUT2D eigenvalue weighted by molar-refractivity contribution is 7.99. The van der Waals surface area contributed by atoms with Gasteiger partial charge < -0.3 is 10.5 Å². The average molecular weight is 212 g/mol. The number of hydrogen-bond acceptors (Lipinski definition) is 4. The molecule has 0 aromatic carbocycles. The minimum Gasteiger partial charge on any atom is -0.468 e. The van der Waals surface area contributed by atoms with Gasteiger partial charge in [0.15, 0.2) is 0 Å². The average Bonchev–Trinajstić information content (AvgIpc) is 2.03. The lowest BCUT2D eigenvalue weighted by atomic mass is 10.4. The summed E-state index contributed by atoms with van der Waals surface area (Å²) in [5.41, 5.74) is 5.44. The molecule has 5 heteroatoms. The Morgan fingerprint density at radius 2 is 2.42 bits per heavy atom. The summed E-state index contributed by atoms with van der Waals surface area (Å²) in [4.78, 5) is 10.7. The second-order valence-electron chi connectivity index (χ2n) is 1.96. The minimum atomic E-state index is -0.509. The molecule has 0 aliphatic heterocycles. The fourth-order valence-electron chi connectivity index (χ4n) is 0.498. The Hall–Kier alpha value is -0.190. The number of nitrogens with two attached hydrogens (primary N) is 1. The molecule has 3 nitrogen and oxygen atoms in total. The van der Waals surface area contributed by atoms with Crippen LogP contribution in [0.3, 0.4) is 0 Å². The van der Waals surface area contributed by atoms with Gasteiger partial charge in [-0.3, -0.25) is 4.79 Å². The van der Waals surface area contributed by atoms with Gasteiger partial charge in [0.2, 0.25) is 0 Å². The maximum absolute atomic E-state index is 10.7. The van der Waals surface area contributed by atoms with Crippen molar-refractivity contribution in [3.05, 3.63) is 12.7 Å². The Balaban J connectivity index is 0. The van der Waals surface area contributed by atoms with E-state index in [4.69, 9.17) is 5.73 Å². The summed E-state index contributed by atoms with van der Waals surface area (Å²) in [6.45, 7) is 3.54. The van der Waals surface area contributed by atoms with Crippen molar-refractivity contribution in [3.63, 3.8) is 0 Å². The molecule has 0 aromatic heterocycles. The Morgan fingerprint density at radius 1 is 1.83 bits per heavy atom. The molecule has 2 N–H and O–H groups in total. The summed E-state index contributed by atoms with van der Waals surface area (Å²) in [5.74, 6) is 1.03. The van der Waals surface area contributed by atoms with Gasteiger partial charge in [-0.1, -0.05) is 6.08 Å². The number of carbonyl (C=O) groups is 1. The smallest absolute Gasteiger partial charge is 0.323 e.